The van der Waals surface area contributed by atoms with Gasteiger partial charge in [0, 0.05) is 21.3 Å². The summed E-state index contributed by atoms with van der Waals surface area (Å²) in [5.41, 5.74) is 6.22. The maximum absolute atomic E-state index is 12.5. The van der Waals surface area contributed by atoms with E-state index >= 15 is 0 Å². The summed E-state index contributed by atoms with van der Waals surface area (Å²) in [5, 5.41) is 0. The van der Waals surface area contributed by atoms with Crippen LogP contribution in [-0.2, 0) is 31.5 Å². The van der Waals surface area contributed by atoms with Crippen molar-refractivity contribution in [3.63, 3.8) is 0 Å². The summed E-state index contributed by atoms with van der Waals surface area (Å²) in [7, 11) is -4.70. The van der Waals surface area contributed by atoms with E-state index in [1.54, 1.807) is 0 Å². The smallest absolute Gasteiger partial charge is 0.290 e. The minimum absolute atomic E-state index is 0.0178. The molecule has 7 nitrogen and oxygen atoms in total. The Kier molecular flexibility index (Phi) is 16.4. The molecule has 0 saturated carbocycles. The van der Waals surface area contributed by atoms with Gasteiger partial charge in [-0.25, -0.2) is 9.13 Å². The Morgan fingerprint density at radius 3 is 1.55 bits per heavy atom. The molecule has 0 aliphatic rings. The molecule has 0 radical (unpaired) electrons. The van der Waals surface area contributed by atoms with Gasteiger partial charge in [0.15, 0.2) is 0 Å². The molecule has 0 heterocycles. The van der Waals surface area contributed by atoms with Gasteiger partial charge in [-0.1, -0.05) is 40.5 Å². The van der Waals surface area contributed by atoms with Crippen LogP contribution in [0.25, 0.3) is 0 Å². The van der Waals surface area contributed by atoms with Crippen LogP contribution in [0.2, 0.25) is 0 Å². The second-order valence-corrected chi connectivity index (χ2v) is 12.2. The van der Waals surface area contributed by atoms with Gasteiger partial charge >= 0.3 is 15.6 Å². The number of allylic oxidation sites excluding steroid dienone is 7. The maximum atomic E-state index is 12.5. The maximum Gasteiger partial charge on any atom is 0.483 e. The monoisotopic (exact) mass is 506 g/mol. The third kappa shape index (κ3) is 15.0. The van der Waals surface area contributed by atoms with Crippen LogP contribution in [-0.4, -0.2) is 27.9 Å². The number of hydrogen-bond acceptors (Lipinski definition) is 7. The summed E-state index contributed by atoms with van der Waals surface area (Å²) in [6.07, 6.45) is 13.0. The van der Waals surface area contributed by atoms with Gasteiger partial charge in [0.05, 0.1) is 6.61 Å². The number of phosphoric acid groups is 2. The highest BCUT2D eigenvalue weighted by Gasteiger charge is 2.38. The number of rotatable bonds is 17. The standard InChI is InChI=1S/C24H44O7P2/c1-20(2)13-10-14-21(3)15-11-16-22(4)17-12-18-23(5)24(6)19-30-33(26,29-9)31-32(25,27-7)28-8/h13,15,17H,10-12,14,16,18-19H2,1-9H3/b21-15+,22-17+,24-23+. The summed E-state index contributed by atoms with van der Waals surface area (Å²) in [4.78, 5) is 0. The highest BCUT2D eigenvalue weighted by Crippen LogP contribution is 2.65. The average molecular weight is 507 g/mol. The molecule has 0 aliphatic carbocycles. The van der Waals surface area contributed by atoms with Crippen LogP contribution in [0, 0.1) is 0 Å². The van der Waals surface area contributed by atoms with Gasteiger partial charge in [-0.15, -0.1) is 0 Å². The molecule has 0 N–H and O–H groups in total. The van der Waals surface area contributed by atoms with Gasteiger partial charge in [-0.3, -0.25) is 18.1 Å². The minimum Gasteiger partial charge on any atom is -0.290 e. The van der Waals surface area contributed by atoms with Crippen molar-refractivity contribution in [1.82, 2.24) is 0 Å². The Morgan fingerprint density at radius 1 is 0.636 bits per heavy atom. The lowest BCUT2D eigenvalue weighted by Crippen LogP contribution is -2.02. The topological polar surface area (TPSA) is 80.3 Å². The van der Waals surface area contributed by atoms with Crippen LogP contribution in [0.3, 0.4) is 0 Å². The summed E-state index contributed by atoms with van der Waals surface area (Å²) in [6, 6.07) is 0. The molecule has 192 valence electrons. The third-order valence-corrected chi connectivity index (χ3v) is 8.56. The van der Waals surface area contributed by atoms with Crippen LogP contribution in [0.1, 0.15) is 80.1 Å². The van der Waals surface area contributed by atoms with Crippen LogP contribution in [0.5, 0.6) is 0 Å². The van der Waals surface area contributed by atoms with Crippen LogP contribution in [0.15, 0.2) is 46.1 Å². The van der Waals surface area contributed by atoms with Crippen molar-refractivity contribution < 1.29 is 31.5 Å². The number of phosphoric ester groups is 2. The molecule has 0 aliphatic heterocycles. The van der Waals surface area contributed by atoms with Crippen LogP contribution >= 0.6 is 15.6 Å². The van der Waals surface area contributed by atoms with Crippen molar-refractivity contribution >= 4 is 15.6 Å². The largest absolute Gasteiger partial charge is 0.483 e. The van der Waals surface area contributed by atoms with Crippen LogP contribution in [0.4, 0.5) is 0 Å². The van der Waals surface area contributed by atoms with E-state index in [0.717, 1.165) is 71.0 Å². The van der Waals surface area contributed by atoms with E-state index < -0.39 is 15.6 Å². The van der Waals surface area contributed by atoms with Crippen molar-refractivity contribution in [1.29, 1.82) is 0 Å². The first-order chi connectivity index (χ1) is 15.4. The van der Waals surface area contributed by atoms with Gasteiger partial charge < -0.3 is 0 Å². The summed E-state index contributed by atoms with van der Waals surface area (Å²) >= 11 is 0. The Morgan fingerprint density at radius 2 is 1.09 bits per heavy atom. The number of hydrogen-bond donors (Lipinski definition) is 0. The van der Waals surface area contributed by atoms with Gasteiger partial charge in [-0.2, -0.15) is 4.31 Å². The Labute approximate surface area is 201 Å². The molecule has 0 aromatic carbocycles. The second-order valence-electron chi connectivity index (χ2n) is 8.36. The normalized spacial score (nSPS) is 15.8. The zero-order valence-electron chi connectivity index (χ0n) is 21.9. The first-order valence-corrected chi connectivity index (χ1v) is 14.2. The molecule has 0 fully saturated rings. The van der Waals surface area contributed by atoms with Crippen LogP contribution < -0.4 is 0 Å². The van der Waals surface area contributed by atoms with Crippen molar-refractivity contribution in [3.8, 4) is 0 Å². The molecule has 9 heteroatoms. The SMILES string of the molecule is COP(=O)(OC)OP(=O)(OC)OC/C(C)=C(\C)CC/C=C(\C)CC/C=C(\C)CCC=C(C)C. The highest BCUT2D eigenvalue weighted by atomic mass is 31.3. The second kappa shape index (κ2) is 16.8. The quantitative estimate of drug-likeness (QED) is 0.144. The lowest BCUT2D eigenvalue weighted by atomic mass is 10.0. The summed E-state index contributed by atoms with van der Waals surface area (Å²) in [5.74, 6) is 0. The molecule has 0 spiro atoms. The molecule has 0 amide bonds. The Hall–Kier alpha value is -0.780. The molecule has 1 atom stereocenters. The fourth-order valence-corrected chi connectivity index (χ4v) is 5.33. The van der Waals surface area contributed by atoms with Gasteiger partial charge in [0.1, 0.15) is 0 Å². The summed E-state index contributed by atoms with van der Waals surface area (Å²) < 4.78 is 48.9. The highest BCUT2D eigenvalue weighted by molar-refractivity contribution is 7.62. The van der Waals surface area contributed by atoms with Crippen molar-refractivity contribution in [2.24, 2.45) is 0 Å². The first-order valence-electron chi connectivity index (χ1n) is 11.2. The van der Waals surface area contributed by atoms with E-state index in [9.17, 15) is 9.13 Å². The molecule has 33 heavy (non-hydrogen) atoms. The summed E-state index contributed by atoms with van der Waals surface area (Å²) in [6.45, 7) is 12.5. The minimum atomic E-state index is -4.09. The molecule has 0 rings (SSSR count). The predicted octanol–water partition coefficient (Wildman–Crippen LogP) is 8.71. The Balaban J connectivity index is 4.61. The lowest BCUT2D eigenvalue weighted by Gasteiger charge is -2.20. The molecular formula is C24H44O7P2. The van der Waals surface area contributed by atoms with E-state index in [4.69, 9.17) is 13.4 Å². The van der Waals surface area contributed by atoms with E-state index in [0.29, 0.717) is 0 Å². The fraction of sp³-hybridized carbons (Fsp3) is 0.667. The molecular weight excluding hydrogens is 462 g/mol. The molecule has 0 aromatic heterocycles. The fourth-order valence-electron chi connectivity index (χ4n) is 2.76. The lowest BCUT2D eigenvalue weighted by molar-refractivity contribution is 0.148. The van der Waals surface area contributed by atoms with E-state index in [1.165, 1.54) is 16.7 Å². The molecule has 0 saturated heterocycles. The predicted molar refractivity (Wildman–Crippen MR) is 136 cm³/mol. The molecule has 0 bridgehead atoms. The Bertz CT molecular complexity index is 798. The third-order valence-electron chi connectivity index (χ3n) is 5.17. The van der Waals surface area contributed by atoms with Gasteiger partial charge in [-0.05, 0) is 85.6 Å². The van der Waals surface area contributed by atoms with Crippen molar-refractivity contribution in [2.45, 2.75) is 80.1 Å². The van der Waals surface area contributed by atoms with E-state index in [-0.39, 0.29) is 6.61 Å². The zero-order chi connectivity index (χ0) is 25.5. The molecule has 0 aromatic rings. The van der Waals surface area contributed by atoms with Gasteiger partial charge in [0.2, 0.25) is 0 Å². The van der Waals surface area contributed by atoms with E-state index in [1.807, 2.05) is 13.8 Å². The average Bonchev–Trinajstić information content (AvgIpc) is 2.77. The first kappa shape index (κ1) is 32.2. The van der Waals surface area contributed by atoms with Crippen molar-refractivity contribution in [2.75, 3.05) is 27.9 Å². The van der Waals surface area contributed by atoms with E-state index in [2.05, 4.69) is 55.0 Å². The molecule has 1 unspecified atom stereocenters. The van der Waals surface area contributed by atoms with Crippen molar-refractivity contribution in [3.05, 3.63) is 46.1 Å². The zero-order valence-corrected chi connectivity index (χ0v) is 23.7. The van der Waals surface area contributed by atoms with Gasteiger partial charge in [0.25, 0.3) is 0 Å².